The van der Waals surface area contributed by atoms with Crippen molar-refractivity contribution in [2.24, 2.45) is 0 Å². The van der Waals surface area contributed by atoms with E-state index in [0.717, 1.165) is 54.4 Å². The van der Waals surface area contributed by atoms with Crippen molar-refractivity contribution >= 4 is 22.9 Å². The molecule has 4 heterocycles. The summed E-state index contributed by atoms with van der Waals surface area (Å²) in [6.07, 6.45) is 7.33. The highest BCUT2D eigenvalue weighted by Gasteiger charge is 2.47. The molecule has 0 bridgehead atoms. The molecule has 7 rings (SSSR count). The molecule has 4 aliphatic rings. The zero-order chi connectivity index (χ0) is 24.7. The second-order valence-corrected chi connectivity index (χ2v) is 11.3. The Morgan fingerprint density at radius 2 is 1.94 bits per heavy atom. The Morgan fingerprint density at radius 3 is 2.69 bits per heavy atom. The SMILES string of the molecule is CC(C)(O)c1cc(N2c3cc(Nc4ccc5c(c4)CNCC54CC4)ncc3C(O)N2C2CC2)ccn1. The predicted molar refractivity (Wildman–Crippen MR) is 138 cm³/mol. The fourth-order valence-corrected chi connectivity index (χ4v) is 5.75. The van der Waals surface area contributed by atoms with Gasteiger partial charge < -0.3 is 20.8 Å². The smallest absolute Gasteiger partial charge is 0.154 e. The van der Waals surface area contributed by atoms with Crippen LogP contribution in [-0.4, -0.2) is 37.8 Å². The highest BCUT2D eigenvalue weighted by atomic mass is 16.3. The number of hydrogen-bond acceptors (Lipinski definition) is 8. The van der Waals surface area contributed by atoms with Crippen LogP contribution in [0.3, 0.4) is 0 Å². The molecule has 3 aromatic rings. The molecule has 2 saturated carbocycles. The van der Waals surface area contributed by atoms with Gasteiger partial charge in [-0.25, -0.2) is 4.98 Å². The van der Waals surface area contributed by atoms with Gasteiger partial charge in [-0.2, -0.15) is 5.01 Å². The Bertz CT molecular complexity index is 1340. The molecule has 2 fully saturated rings. The van der Waals surface area contributed by atoms with Gasteiger partial charge in [-0.05, 0) is 74.9 Å². The molecule has 0 saturated heterocycles. The van der Waals surface area contributed by atoms with Crippen molar-refractivity contribution in [2.45, 2.75) is 69.4 Å². The summed E-state index contributed by atoms with van der Waals surface area (Å²) in [5.41, 5.74) is 6.26. The van der Waals surface area contributed by atoms with E-state index in [9.17, 15) is 10.2 Å². The number of nitrogens with zero attached hydrogens (tertiary/aromatic N) is 4. The number of nitrogens with one attached hydrogen (secondary N) is 2. The molecule has 0 radical (unpaired) electrons. The molecule has 186 valence electrons. The zero-order valence-electron chi connectivity index (χ0n) is 20.7. The average molecular weight is 485 g/mol. The minimum atomic E-state index is -1.06. The van der Waals surface area contributed by atoms with Crippen molar-refractivity contribution in [1.82, 2.24) is 20.3 Å². The number of fused-ring (bicyclic) bond motifs is 3. The number of rotatable bonds is 5. The highest BCUT2D eigenvalue weighted by Crippen LogP contribution is 2.51. The van der Waals surface area contributed by atoms with Crippen LogP contribution in [0, 0.1) is 0 Å². The predicted octanol–water partition coefficient (Wildman–Crippen LogP) is 4.10. The first kappa shape index (κ1) is 22.2. The van der Waals surface area contributed by atoms with E-state index >= 15 is 0 Å². The molecular weight excluding hydrogens is 452 g/mol. The minimum absolute atomic E-state index is 0.269. The molecule has 1 unspecified atom stereocenters. The van der Waals surface area contributed by atoms with Crippen molar-refractivity contribution in [1.29, 1.82) is 0 Å². The van der Waals surface area contributed by atoms with Gasteiger partial charge in [0.25, 0.3) is 0 Å². The maximum Gasteiger partial charge on any atom is 0.154 e. The number of anilines is 4. The van der Waals surface area contributed by atoms with Gasteiger partial charge in [-0.15, -0.1) is 0 Å². The first-order valence-corrected chi connectivity index (χ1v) is 12.9. The van der Waals surface area contributed by atoms with Crippen LogP contribution in [0.2, 0.25) is 0 Å². The van der Waals surface area contributed by atoms with Gasteiger partial charge in [0, 0.05) is 54.3 Å². The summed E-state index contributed by atoms with van der Waals surface area (Å²) in [5.74, 6) is 0.727. The molecule has 36 heavy (non-hydrogen) atoms. The van der Waals surface area contributed by atoms with Gasteiger partial charge >= 0.3 is 0 Å². The number of aliphatic hydroxyl groups excluding tert-OH is 1. The third-order valence-corrected chi connectivity index (χ3v) is 8.02. The van der Waals surface area contributed by atoms with Crippen molar-refractivity contribution in [3.63, 3.8) is 0 Å². The Hall–Kier alpha value is -3.04. The molecule has 2 aliphatic carbocycles. The summed E-state index contributed by atoms with van der Waals surface area (Å²) >= 11 is 0. The molecule has 2 aliphatic heterocycles. The van der Waals surface area contributed by atoms with Gasteiger partial charge in [0.1, 0.15) is 11.4 Å². The summed E-state index contributed by atoms with van der Waals surface area (Å²) < 4.78 is 0. The molecule has 1 spiro atoms. The first-order valence-electron chi connectivity index (χ1n) is 12.9. The molecule has 1 atom stereocenters. The van der Waals surface area contributed by atoms with E-state index in [2.05, 4.69) is 43.8 Å². The lowest BCUT2D eigenvalue weighted by molar-refractivity contribution is 0.0104. The third kappa shape index (κ3) is 3.59. The van der Waals surface area contributed by atoms with Crippen LogP contribution in [0.1, 0.15) is 68.1 Å². The topological polar surface area (TPSA) is 96.8 Å². The lowest BCUT2D eigenvalue weighted by atomic mass is 9.88. The quantitative estimate of drug-likeness (QED) is 0.430. The Labute approximate surface area is 211 Å². The normalized spacial score (nSPS) is 22.4. The Kier molecular flexibility index (Phi) is 4.76. The second-order valence-electron chi connectivity index (χ2n) is 11.3. The van der Waals surface area contributed by atoms with Gasteiger partial charge in [0.05, 0.1) is 17.1 Å². The fourth-order valence-electron chi connectivity index (χ4n) is 5.75. The summed E-state index contributed by atoms with van der Waals surface area (Å²) in [5, 5.41) is 32.9. The number of benzene rings is 1. The minimum Gasteiger partial charge on any atom is -0.384 e. The molecule has 8 nitrogen and oxygen atoms in total. The lowest BCUT2D eigenvalue weighted by Crippen LogP contribution is -2.38. The second kappa shape index (κ2) is 7.73. The maximum atomic E-state index is 11.2. The fraction of sp³-hybridized carbons (Fsp3) is 0.429. The van der Waals surface area contributed by atoms with Crippen LogP contribution in [0.5, 0.6) is 0 Å². The summed E-state index contributed by atoms with van der Waals surface area (Å²) in [7, 11) is 0. The van der Waals surface area contributed by atoms with Crippen LogP contribution in [0.25, 0.3) is 0 Å². The number of aliphatic hydroxyl groups is 2. The Balaban J connectivity index is 1.24. The number of hydrazine groups is 1. The highest BCUT2D eigenvalue weighted by molar-refractivity contribution is 5.73. The molecule has 0 amide bonds. The molecular formula is C28H32N6O2. The standard InChI is InChI=1S/C28H32N6O2/c1-27(2,36)24-12-20(7-10-30-24)33-23-13-25(31-15-21(23)26(35)34(33)19-4-5-19)32-18-3-6-22-17(11-18)14-29-16-28(22)8-9-28/h3,6-7,10-13,15,19,26,29,35-36H,4-5,8-9,14,16H2,1-2H3,(H,31,32). The van der Waals surface area contributed by atoms with E-state index in [-0.39, 0.29) is 6.04 Å². The largest absolute Gasteiger partial charge is 0.384 e. The average Bonchev–Trinajstić information content (AvgIpc) is 3.79. The van der Waals surface area contributed by atoms with Crippen molar-refractivity contribution < 1.29 is 10.2 Å². The van der Waals surface area contributed by atoms with Crippen LogP contribution in [0.4, 0.5) is 22.9 Å². The van der Waals surface area contributed by atoms with Crippen LogP contribution >= 0.6 is 0 Å². The monoisotopic (exact) mass is 484 g/mol. The van der Waals surface area contributed by atoms with Crippen LogP contribution < -0.4 is 15.6 Å². The molecule has 2 aromatic heterocycles. The third-order valence-electron chi connectivity index (χ3n) is 8.02. The lowest BCUT2D eigenvalue weighted by Gasteiger charge is -2.32. The summed E-state index contributed by atoms with van der Waals surface area (Å²) in [6.45, 7) is 5.44. The van der Waals surface area contributed by atoms with Crippen molar-refractivity contribution in [2.75, 3.05) is 16.9 Å². The maximum absolute atomic E-state index is 11.2. The van der Waals surface area contributed by atoms with Crippen LogP contribution in [-0.2, 0) is 17.6 Å². The van der Waals surface area contributed by atoms with Gasteiger partial charge in [-0.1, -0.05) is 6.07 Å². The number of aromatic nitrogens is 2. The summed E-state index contributed by atoms with van der Waals surface area (Å²) in [6, 6.07) is 12.8. The molecule has 8 heteroatoms. The number of hydrogen-bond donors (Lipinski definition) is 4. The van der Waals surface area contributed by atoms with E-state index in [1.54, 1.807) is 26.2 Å². The van der Waals surface area contributed by atoms with E-state index in [1.807, 2.05) is 23.2 Å². The van der Waals surface area contributed by atoms with Gasteiger partial charge in [-0.3, -0.25) is 9.99 Å². The van der Waals surface area contributed by atoms with Crippen LogP contribution in [0.15, 0.2) is 48.8 Å². The van der Waals surface area contributed by atoms with E-state index in [4.69, 9.17) is 0 Å². The van der Waals surface area contributed by atoms with Gasteiger partial charge in [0.2, 0.25) is 0 Å². The zero-order valence-corrected chi connectivity index (χ0v) is 20.7. The summed E-state index contributed by atoms with van der Waals surface area (Å²) in [4.78, 5) is 9.03. The van der Waals surface area contributed by atoms with E-state index < -0.39 is 11.8 Å². The molecule has 1 aromatic carbocycles. The first-order chi connectivity index (χ1) is 17.3. The van der Waals surface area contributed by atoms with Gasteiger partial charge in [0.15, 0.2) is 6.23 Å². The van der Waals surface area contributed by atoms with E-state index in [1.165, 1.54) is 24.0 Å². The van der Waals surface area contributed by atoms with E-state index in [0.29, 0.717) is 11.1 Å². The van der Waals surface area contributed by atoms with Crippen molar-refractivity contribution in [3.8, 4) is 0 Å². The Morgan fingerprint density at radius 1 is 1.11 bits per heavy atom. The number of pyridine rings is 2. The van der Waals surface area contributed by atoms with Crippen molar-refractivity contribution in [3.05, 3.63) is 71.2 Å². The molecule has 4 N–H and O–H groups in total.